The number of hydrogen-bond donors (Lipinski definition) is 2. The van der Waals surface area contributed by atoms with Crippen LogP contribution in [0, 0.1) is 0 Å². The quantitative estimate of drug-likeness (QED) is 0.630. The largest absolute Gasteiger partial charge is 0.371 e. The van der Waals surface area contributed by atoms with E-state index >= 15 is 0 Å². The van der Waals surface area contributed by atoms with Gasteiger partial charge in [-0.15, -0.1) is 0 Å². The van der Waals surface area contributed by atoms with Gasteiger partial charge in [-0.05, 0) is 44.8 Å². The van der Waals surface area contributed by atoms with Gasteiger partial charge in [-0.3, -0.25) is 4.79 Å². The minimum atomic E-state index is -0.464. The first-order valence-electron chi connectivity index (χ1n) is 8.64. The average molecular weight is 394 g/mol. The second kappa shape index (κ2) is 10.4. The molecular weight excluding hydrogens is 369 g/mol. The van der Waals surface area contributed by atoms with Gasteiger partial charge in [0.1, 0.15) is 6.04 Å². The molecule has 0 saturated carbocycles. The molecule has 0 radical (unpaired) electrons. The highest BCUT2D eigenvalue weighted by Gasteiger charge is 2.20. The summed E-state index contributed by atoms with van der Waals surface area (Å²) in [6.07, 6.45) is 1.44. The topological polar surface area (TPSA) is 44.4 Å². The van der Waals surface area contributed by atoms with E-state index in [1.165, 1.54) is 0 Å². The molecule has 0 heterocycles. The Morgan fingerprint density at radius 1 is 1.04 bits per heavy atom. The molecule has 2 aromatic rings. The number of para-hydroxylation sites is 1. The van der Waals surface area contributed by atoms with Crippen LogP contribution in [0.4, 0.5) is 5.69 Å². The molecule has 0 spiro atoms. The fraction of sp³-hybridized carbons (Fsp3) is 0.350. The van der Waals surface area contributed by atoms with E-state index in [1.807, 2.05) is 44.4 Å². The molecule has 0 aliphatic rings. The second-order valence-electron chi connectivity index (χ2n) is 6.43. The normalized spacial score (nSPS) is 12.0. The molecule has 2 rings (SSSR count). The highest BCUT2D eigenvalue weighted by atomic mass is 35.5. The number of hydrogen-bond acceptors (Lipinski definition) is 3. The molecule has 0 aliphatic carbocycles. The molecule has 0 fully saturated rings. The summed E-state index contributed by atoms with van der Waals surface area (Å²) in [6, 6.07) is 14.7. The van der Waals surface area contributed by atoms with Crippen molar-refractivity contribution < 1.29 is 4.79 Å². The smallest absolute Gasteiger partial charge is 0.242 e. The minimum absolute atomic E-state index is 0.0661. The van der Waals surface area contributed by atoms with Gasteiger partial charge in [0, 0.05) is 13.0 Å². The summed E-state index contributed by atoms with van der Waals surface area (Å²) < 4.78 is 0. The number of anilines is 1. The van der Waals surface area contributed by atoms with Gasteiger partial charge < -0.3 is 15.5 Å². The Bertz CT molecular complexity index is 687. The Hall–Kier alpha value is -1.75. The summed E-state index contributed by atoms with van der Waals surface area (Å²) in [5.74, 6) is -0.0661. The maximum Gasteiger partial charge on any atom is 0.242 e. The summed E-state index contributed by atoms with van der Waals surface area (Å²) in [4.78, 5) is 14.8. The zero-order valence-corrected chi connectivity index (χ0v) is 16.6. The maximum absolute atomic E-state index is 12.7. The van der Waals surface area contributed by atoms with Gasteiger partial charge in [-0.1, -0.05) is 59.6 Å². The fourth-order valence-corrected chi connectivity index (χ4v) is 3.11. The van der Waals surface area contributed by atoms with E-state index in [0.29, 0.717) is 28.7 Å². The van der Waals surface area contributed by atoms with E-state index in [4.69, 9.17) is 23.2 Å². The van der Waals surface area contributed by atoms with Crippen molar-refractivity contribution >= 4 is 34.8 Å². The van der Waals surface area contributed by atoms with Gasteiger partial charge in [0.2, 0.25) is 5.91 Å². The maximum atomic E-state index is 12.7. The number of amides is 1. The number of nitrogens with zero attached hydrogens (tertiary/aromatic N) is 1. The summed E-state index contributed by atoms with van der Waals surface area (Å²) >= 11 is 12.5. The monoisotopic (exact) mass is 393 g/mol. The molecule has 2 aromatic carbocycles. The lowest BCUT2D eigenvalue weighted by atomic mass is 10.0. The van der Waals surface area contributed by atoms with Crippen LogP contribution >= 0.6 is 23.2 Å². The van der Waals surface area contributed by atoms with Crippen molar-refractivity contribution in [3.05, 3.63) is 64.1 Å². The zero-order chi connectivity index (χ0) is 18.9. The summed E-state index contributed by atoms with van der Waals surface area (Å²) in [7, 11) is 4.03. The van der Waals surface area contributed by atoms with Crippen LogP contribution in [0.1, 0.15) is 12.0 Å². The molecule has 1 unspecified atom stereocenters. The summed E-state index contributed by atoms with van der Waals surface area (Å²) in [6.45, 7) is 1.55. The van der Waals surface area contributed by atoms with Crippen molar-refractivity contribution in [3.8, 4) is 0 Å². The molecule has 2 N–H and O–H groups in total. The van der Waals surface area contributed by atoms with Gasteiger partial charge in [-0.2, -0.15) is 0 Å². The van der Waals surface area contributed by atoms with Crippen molar-refractivity contribution in [1.82, 2.24) is 10.2 Å². The van der Waals surface area contributed by atoms with Crippen LogP contribution in [0.25, 0.3) is 0 Å². The molecule has 0 saturated heterocycles. The van der Waals surface area contributed by atoms with Crippen LogP contribution in [0.15, 0.2) is 48.5 Å². The highest BCUT2D eigenvalue weighted by Crippen LogP contribution is 2.30. The van der Waals surface area contributed by atoms with E-state index in [-0.39, 0.29) is 5.91 Å². The van der Waals surface area contributed by atoms with E-state index in [9.17, 15) is 4.79 Å². The fourth-order valence-electron chi connectivity index (χ4n) is 2.60. The SMILES string of the molecule is CN(C)CCCNC(=O)C(Cc1ccccc1)Nc1c(Cl)cccc1Cl. The van der Waals surface area contributed by atoms with Gasteiger partial charge in [0.15, 0.2) is 0 Å². The molecule has 26 heavy (non-hydrogen) atoms. The van der Waals surface area contributed by atoms with Crippen LogP contribution in [0.2, 0.25) is 10.0 Å². The van der Waals surface area contributed by atoms with E-state index in [1.54, 1.807) is 18.2 Å². The minimum Gasteiger partial charge on any atom is -0.371 e. The van der Waals surface area contributed by atoms with E-state index in [0.717, 1.165) is 18.5 Å². The molecule has 140 valence electrons. The number of rotatable bonds is 9. The third-order valence-corrected chi connectivity index (χ3v) is 4.59. The highest BCUT2D eigenvalue weighted by molar-refractivity contribution is 6.39. The number of halogens is 2. The Morgan fingerprint density at radius 3 is 2.31 bits per heavy atom. The molecular formula is C20H25Cl2N3O. The second-order valence-corrected chi connectivity index (χ2v) is 7.25. The summed E-state index contributed by atoms with van der Waals surface area (Å²) in [5, 5.41) is 7.22. The van der Waals surface area contributed by atoms with Gasteiger partial charge in [0.25, 0.3) is 0 Å². The molecule has 1 amide bonds. The standard InChI is InChI=1S/C20H25Cl2N3O/c1-25(2)13-7-12-23-20(26)18(14-15-8-4-3-5-9-15)24-19-16(21)10-6-11-17(19)22/h3-6,8-11,18,24H,7,12-14H2,1-2H3,(H,23,26). The van der Waals surface area contributed by atoms with Gasteiger partial charge >= 0.3 is 0 Å². The predicted molar refractivity (Wildman–Crippen MR) is 110 cm³/mol. The predicted octanol–water partition coefficient (Wildman–Crippen LogP) is 4.08. The van der Waals surface area contributed by atoms with Crippen molar-refractivity contribution in [1.29, 1.82) is 0 Å². The lowest BCUT2D eigenvalue weighted by molar-refractivity contribution is -0.121. The number of benzene rings is 2. The lowest BCUT2D eigenvalue weighted by Crippen LogP contribution is -2.42. The van der Waals surface area contributed by atoms with Crippen LogP contribution in [0.5, 0.6) is 0 Å². The molecule has 0 aliphatic heterocycles. The van der Waals surface area contributed by atoms with Crippen molar-refractivity contribution in [2.75, 3.05) is 32.5 Å². The van der Waals surface area contributed by atoms with E-state index in [2.05, 4.69) is 15.5 Å². The molecule has 0 bridgehead atoms. The summed E-state index contributed by atoms with van der Waals surface area (Å²) in [5.41, 5.74) is 1.65. The molecule has 6 heteroatoms. The Labute approximate surface area is 165 Å². The van der Waals surface area contributed by atoms with Crippen molar-refractivity contribution in [2.45, 2.75) is 18.9 Å². The number of carbonyl (C=O) groups is 1. The van der Waals surface area contributed by atoms with Crippen molar-refractivity contribution in [3.63, 3.8) is 0 Å². The van der Waals surface area contributed by atoms with Crippen LogP contribution < -0.4 is 10.6 Å². The Balaban J connectivity index is 2.09. The van der Waals surface area contributed by atoms with Crippen LogP contribution in [-0.4, -0.2) is 44.0 Å². The van der Waals surface area contributed by atoms with Crippen LogP contribution in [0.3, 0.4) is 0 Å². The third kappa shape index (κ3) is 6.52. The lowest BCUT2D eigenvalue weighted by Gasteiger charge is -2.21. The zero-order valence-electron chi connectivity index (χ0n) is 15.1. The van der Waals surface area contributed by atoms with Crippen molar-refractivity contribution in [2.24, 2.45) is 0 Å². The Morgan fingerprint density at radius 2 is 1.69 bits per heavy atom. The Kier molecular flexibility index (Phi) is 8.23. The van der Waals surface area contributed by atoms with Gasteiger partial charge in [0.05, 0.1) is 15.7 Å². The number of nitrogens with one attached hydrogen (secondary N) is 2. The van der Waals surface area contributed by atoms with Gasteiger partial charge in [-0.25, -0.2) is 0 Å². The van der Waals surface area contributed by atoms with E-state index < -0.39 is 6.04 Å². The molecule has 0 aromatic heterocycles. The first-order chi connectivity index (χ1) is 12.5. The third-order valence-electron chi connectivity index (χ3n) is 3.96. The number of carbonyl (C=O) groups excluding carboxylic acids is 1. The van der Waals surface area contributed by atoms with Crippen LogP contribution in [-0.2, 0) is 11.2 Å². The molecule has 1 atom stereocenters. The molecule has 4 nitrogen and oxygen atoms in total. The first-order valence-corrected chi connectivity index (χ1v) is 9.40. The first kappa shape index (κ1) is 20.6. The average Bonchev–Trinajstić information content (AvgIpc) is 2.61.